The number of carbonyl (C=O) groups is 1. The van der Waals surface area contributed by atoms with E-state index in [9.17, 15) is 9.90 Å². The average Bonchev–Trinajstić information content (AvgIpc) is 2.83. The number of hydrogen-bond acceptors (Lipinski definition) is 6. The maximum atomic E-state index is 12.7. The standard InChI is InChI=1S/C31H44O6/c1-22-16-17-35-27(20-22)14-15-29(34-4)30-12-5-8-25(32)19-23(2)18-24(3)21-28-11-6-9-26(36-28)10-7-13-31(33)37-30/h5-9,13-16,24-30,32H,2,10-12,17-21H2,1,3-4H3/t24-,25+,26-,27+,28-,29-,30-/m0/s1. The Hall–Kier alpha value is -2.25. The van der Waals surface area contributed by atoms with Gasteiger partial charge in [0.25, 0.3) is 0 Å². The lowest BCUT2D eigenvalue weighted by atomic mass is 9.91. The second kappa shape index (κ2) is 15.2. The summed E-state index contributed by atoms with van der Waals surface area (Å²) in [6.45, 7) is 9.08. The van der Waals surface area contributed by atoms with Gasteiger partial charge in [-0.25, -0.2) is 4.79 Å². The van der Waals surface area contributed by atoms with Crippen molar-refractivity contribution >= 4 is 5.97 Å². The van der Waals surface area contributed by atoms with E-state index in [2.05, 4.69) is 38.7 Å². The summed E-state index contributed by atoms with van der Waals surface area (Å²) in [4.78, 5) is 12.7. The molecule has 0 unspecified atom stereocenters. The van der Waals surface area contributed by atoms with E-state index < -0.39 is 24.3 Å². The van der Waals surface area contributed by atoms with Crippen molar-refractivity contribution in [3.63, 3.8) is 0 Å². The Kier molecular flexibility index (Phi) is 12.1. The van der Waals surface area contributed by atoms with Crippen molar-refractivity contribution in [3.05, 3.63) is 72.4 Å². The van der Waals surface area contributed by atoms with E-state index in [-0.39, 0.29) is 18.3 Å². The molecule has 0 aromatic rings. The first-order chi connectivity index (χ1) is 17.8. The highest BCUT2D eigenvalue weighted by Gasteiger charge is 2.24. The van der Waals surface area contributed by atoms with Crippen LogP contribution in [0, 0.1) is 5.92 Å². The molecule has 0 amide bonds. The maximum absolute atomic E-state index is 12.7. The molecule has 7 atom stereocenters. The Morgan fingerprint density at radius 1 is 1.14 bits per heavy atom. The Morgan fingerprint density at radius 2 is 1.95 bits per heavy atom. The van der Waals surface area contributed by atoms with Crippen LogP contribution in [0.5, 0.6) is 0 Å². The minimum Gasteiger partial charge on any atom is -0.456 e. The fourth-order valence-electron chi connectivity index (χ4n) is 5.08. The number of esters is 1. The van der Waals surface area contributed by atoms with Crippen LogP contribution < -0.4 is 0 Å². The zero-order chi connectivity index (χ0) is 26.6. The monoisotopic (exact) mass is 512 g/mol. The van der Waals surface area contributed by atoms with Crippen molar-refractivity contribution in [2.45, 2.75) is 95.4 Å². The molecule has 3 aliphatic heterocycles. The Labute approximate surface area is 222 Å². The Balaban J connectivity index is 1.73. The molecule has 0 aliphatic carbocycles. The second-order valence-electron chi connectivity index (χ2n) is 10.5. The van der Waals surface area contributed by atoms with Crippen molar-refractivity contribution in [1.82, 2.24) is 0 Å². The van der Waals surface area contributed by atoms with Gasteiger partial charge < -0.3 is 24.1 Å². The summed E-state index contributed by atoms with van der Waals surface area (Å²) in [6.07, 6.45) is 20.5. The normalized spacial score (nSPS) is 33.5. The van der Waals surface area contributed by atoms with Crippen LogP contribution in [-0.4, -0.2) is 61.4 Å². The predicted octanol–water partition coefficient (Wildman–Crippen LogP) is 5.55. The quantitative estimate of drug-likeness (QED) is 0.393. The number of fused-ring (bicyclic) bond motifs is 2. The summed E-state index contributed by atoms with van der Waals surface area (Å²) in [7, 11) is 1.60. The number of aliphatic hydroxyl groups excluding tert-OH is 1. The van der Waals surface area contributed by atoms with E-state index in [0.717, 1.165) is 31.3 Å². The molecular weight excluding hydrogens is 468 g/mol. The van der Waals surface area contributed by atoms with Gasteiger partial charge in [0.2, 0.25) is 0 Å². The molecule has 2 bridgehead atoms. The smallest absolute Gasteiger partial charge is 0.330 e. The highest BCUT2D eigenvalue weighted by molar-refractivity contribution is 5.82. The molecule has 3 heterocycles. The fourth-order valence-corrected chi connectivity index (χ4v) is 5.08. The molecule has 6 heteroatoms. The van der Waals surface area contributed by atoms with Crippen molar-refractivity contribution in [3.8, 4) is 0 Å². The number of cyclic esters (lactones) is 1. The van der Waals surface area contributed by atoms with Crippen molar-refractivity contribution in [2.24, 2.45) is 5.92 Å². The minimum atomic E-state index is -0.644. The predicted molar refractivity (Wildman–Crippen MR) is 146 cm³/mol. The number of carbonyl (C=O) groups excluding carboxylic acids is 1. The summed E-state index contributed by atoms with van der Waals surface area (Å²) in [5.41, 5.74) is 2.31. The molecule has 37 heavy (non-hydrogen) atoms. The number of methoxy groups -OCH3 is 1. The summed E-state index contributed by atoms with van der Waals surface area (Å²) >= 11 is 0. The first kappa shape index (κ1) is 29.3. The van der Waals surface area contributed by atoms with Crippen LogP contribution in [0.3, 0.4) is 0 Å². The number of aliphatic hydroxyl groups is 1. The first-order valence-electron chi connectivity index (χ1n) is 13.5. The zero-order valence-corrected chi connectivity index (χ0v) is 22.6. The van der Waals surface area contributed by atoms with E-state index in [0.29, 0.717) is 31.8 Å². The molecule has 204 valence electrons. The van der Waals surface area contributed by atoms with E-state index in [4.69, 9.17) is 18.9 Å². The van der Waals surface area contributed by atoms with E-state index in [1.807, 2.05) is 24.3 Å². The highest BCUT2D eigenvalue weighted by atomic mass is 16.6. The third-order valence-corrected chi connectivity index (χ3v) is 6.95. The van der Waals surface area contributed by atoms with Crippen LogP contribution in [0.4, 0.5) is 0 Å². The molecule has 0 saturated carbocycles. The lowest BCUT2D eigenvalue weighted by molar-refractivity contribution is -0.148. The number of hydrogen-bond donors (Lipinski definition) is 1. The van der Waals surface area contributed by atoms with Gasteiger partial charge >= 0.3 is 5.97 Å². The molecule has 3 rings (SSSR count). The largest absolute Gasteiger partial charge is 0.456 e. The molecule has 1 N–H and O–H groups in total. The first-order valence-corrected chi connectivity index (χ1v) is 13.5. The SMILES string of the molecule is C=C1C[C@H](C)C[C@@H]2CC=C[C@@H](CC=CC(=O)O[C@H]([C@H](C=C[C@@H]3CC(C)=CCO3)OC)CC=C[C@@H](O)C1)O2. The van der Waals surface area contributed by atoms with Gasteiger partial charge in [-0.05, 0) is 51.4 Å². The van der Waals surface area contributed by atoms with Gasteiger partial charge in [0, 0.05) is 19.6 Å². The van der Waals surface area contributed by atoms with Crippen LogP contribution in [-0.2, 0) is 23.7 Å². The number of rotatable bonds is 4. The Bertz CT molecular complexity index is 897. The lowest BCUT2D eigenvalue weighted by Gasteiger charge is -2.28. The van der Waals surface area contributed by atoms with Crippen LogP contribution in [0.1, 0.15) is 58.8 Å². The molecule has 0 fully saturated rings. The van der Waals surface area contributed by atoms with Gasteiger partial charge in [0.05, 0.1) is 31.0 Å². The van der Waals surface area contributed by atoms with Gasteiger partial charge in [-0.1, -0.05) is 73.3 Å². The molecule has 6 nitrogen and oxygen atoms in total. The van der Waals surface area contributed by atoms with Crippen LogP contribution in [0.15, 0.2) is 72.4 Å². The minimum absolute atomic E-state index is 0.0319. The average molecular weight is 513 g/mol. The van der Waals surface area contributed by atoms with Gasteiger partial charge in [-0.3, -0.25) is 0 Å². The molecule has 0 spiro atoms. The summed E-state index contributed by atoms with van der Waals surface area (Å²) in [5, 5.41) is 10.6. The zero-order valence-electron chi connectivity index (χ0n) is 22.6. The van der Waals surface area contributed by atoms with Crippen LogP contribution in [0.25, 0.3) is 0 Å². The molecule has 0 aromatic heterocycles. The number of ether oxygens (including phenoxy) is 4. The van der Waals surface area contributed by atoms with Gasteiger partial charge in [-0.2, -0.15) is 0 Å². The van der Waals surface area contributed by atoms with Crippen molar-refractivity contribution in [2.75, 3.05) is 13.7 Å². The topological polar surface area (TPSA) is 74.2 Å². The highest BCUT2D eigenvalue weighted by Crippen LogP contribution is 2.26. The van der Waals surface area contributed by atoms with Gasteiger partial charge in [-0.15, -0.1) is 0 Å². The maximum Gasteiger partial charge on any atom is 0.330 e. The van der Waals surface area contributed by atoms with E-state index in [1.165, 1.54) is 11.6 Å². The van der Waals surface area contributed by atoms with Crippen molar-refractivity contribution < 1.29 is 28.8 Å². The third kappa shape index (κ3) is 10.6. The third-order valence-electron chi connectivity index (χ3n) is 6.95. The van der Waals surface area contributed by atoms with Crippen LogP contribution in [0.2, 0.25) is 0 Å². The van der Waals surface area contributed by atoms with Gasteiger partial charge in [0.15, 0.2) is 0 Å². The fraction of sp³-hybridized carbons (Fsp3) is 0.581. The van der Waals surface area contributed by atoms with Crippen LogP contribution >= 0.6 is 0 Å². The Morgan fingerprint density at radius 3 is 2.73 bits per heavy atom. The summed E-state index contributed by atoms with van der Waals surface area (Å²) in [5.74, 6) is -0.0159. The summed E-state index contributed by atoms with van der Waals surface area (Å²) < 4.78 is 23.6. The molecule has 0 aromatic carbocycles. The van der Waals surface area contributed by atoms with E-state index >= 15 is 0 Å². The molecular formula is C31H44O6. The summed E-state index contributed by atoms with van der Waals surface area (Å²) in [6, 6.07) is 0. The molecule has 3 aliphatic rings. The molecule has 0 saturated heterocycles. The second-order valence-corrected chi connectivity index (χ2v) is 10.5. The van der Waals surface area contributed by atoms with Crippen molar-refractivity contribution in [1.29, 1.82) is 0 Å². The van der Waals surface area contributed by atoms with Gasteiger partial charge in [0.1, 0.15) is 12.2 Å². The van der Waals surface area contributed by atoms with E-state index in [1.54, 1.807) is 13.2 Å². The lowest BCUT2D eigenvalue weighted by Crippen LogP contribution is -2.31. The molecule has 0 radical (unpaired) electrons.